The molecule has 0 amide bonds. The van der Waals surface area contributed by atoms with Gasteiger partial charge in [0.1, 0.15) is 5.75 Å². The van der Waals surface area contributed by atoms with Crippen LogP contribution in [0.5, 0.6) is 5.75 Å². The normalized spacial score (nSPS) is 16.4. The molecule has 0 atom stereocenters. The van der Waals surface area contributed by atoms with Crippen LogP contribution in [0, 0.1) is 12.8 Å². The van der Waals surface area contributed by atoms with Crippen molar-refractivity contribution in [3.8, 4) is 5.75 Å². The zero-order chi connectivity index (χ0) is 14.7. The van der Waals surface area contributed by atoms with Crippen molar-refractivity contribution in [2.75, 3.05) is 0 Å². The number of benzene rings is 1. The number of carbonyl (C=O) groups is 1. The molecule has 1 fully saturated rings. The topological polar surface area (TPSA) is 26.3 Å². The highest BCUT2D eigenvalue weighted by Crippen LogP contribution is 2.33. The van der Waals surface area contributed by atoms with E-state index in [1.54, 1.807) is 6.07 Å². The first kappa shape index (κ1) is 15.4. The zero-order valence-corrected chi connectivity index (χ0v) is 13.3. The van der Waals surface area contributed by atoms with E-state index >= 15 is 0 Å². The predicted octanol–water partition coefficient (Wildman–Crippen LogP) is 5.20. The molecular weight excluding hydrogens is 272 g/mol. The second-order valence-electron chi connectivity index (χ2n) is 5.96. The Morgan fingerprint density at radius 1 is 1.25 bits per heavy atom. The standard InChI is InChI=1S/C17H23ClO2/c1-11(2)20-16-9-12(3)15(18)10-14(16)17(19)13-7-5-4-6-8-13/h9-11,13H,4-8H2,1-3H3. The predicted molar refractivity (Wildman–Crippen MR) is 82.9 cm³/mol. The fourth-order valence-corrected chi connectivity index (χ4v) is 2.95. The molecule has 0 unspecified atom stereocenters. The molecule has 0 saturated heterocycles. The third kappa shape index (κ3) is 3.54. The minimum absolute atomic E-state index is 0.0495. The summed E-state index contributed by atoms with van der Waals surface area (Å²) in [4.78, 5) is 12.7. The van der Waals surface area contributed by atoms with Crippen molar-refractivity contribution >= 4 is 17.4 Å². The molecule has 2 rings (SSSR count). The largest absolute Gasteiger partial charge is 0.490 e. The molecule has 3 heteroatoms. The van der Waals surface area contributed by atoms with Gasteiger partial charge in [-0.2, -0.15) is 0 Å². The molecule has 0 spiro atoms. The number of Topliss-reactive ketones (excluding diaryl/α,β-unsaturated/α-hetero) is 1. The molecule has 0 radical (unpaired) electrons. The molecule has 0 bridgehead atoms. The number of aryl methyl sites for hydroxylation is 1. The van der Waals surface area contributed by atoms with E-state index in [4.69, 9.17) is 16.3 Å². The highest BCUT2D eigenvalue weighted by Gasteiger charge is 2.25. The third-order valence-electron chi connectivity index (χ3n) is 3.86. The van der Waals surface area contributed by atoms with Gasteiger partial charge in [0.05, 0.1) is 11.7 Å². The van der Waals surface area contributed by atoms with E-state index in [0.29, 0.717) is 16.3 Å². The van der Waals surface area contributed by atoms with E-state index in [9.17, 15) is 4.79 Å². The van der Waals surface area contributed by atoms with E-state index in [-0.39, 0.29) is 17.8 Å². The minimum atomic E-state index is 0.0495. The van der Waals surface area contributed by atoms with Crippen LogP contribution in [0.2, 0.25) is 5.02 Å². The summed E-state index contributed by atoms with van der Waals surface area (Å²) >= 11 is 6.20. The highest BCUT2D eigenvalue weighted by molar-refractivity contribution is 6.31. The van der Waals surface area contributed by atoms with Crippen LogP contribution >= 0.6 is 11.6 Å². The molecular formula is C17H23ClO2. The van der Waals surface area contributed by atoms with Gasteiger partial charge < -0.3 is 4.74 Å². The molecule has 0 N–H and O–H groups in total. The smallest absolute Gasteiger partial charge is 0.169 e. The van der Waals surface area contributed by atoms with Crippen molar-refractivity contribution in [2.45, 2.75) is 59.0 Å². The van der Waals surface area contributed by atoms with Crippen molar-refractivity contribution in [3.63, 3.8) is 0 Å². The molecule has 1 saturated carbocycles. The number of carbonyl (C=O) groups excluding carboxylic acids is 1. The van der Waals surface area contributed by atoms with Gasteiger partial charge in [-0.15, -0.1) is 0 Å². The lowest BCUT2D eigenvalue weighted by molar-refractivity contribution is 0.0883. The zero-order valence-electron chi connectivity index (χ0n) is 12.5. The summed E-state index contributed by atoms with van der Waals surface area (Å²) in [5, 5.41) is 0.639. The lowest BCUT2D eigenvalue weighted by Crippen LogP contribution is -2.20. The Bertz CT molecular complexity index is 488. The molecule has 1 aliphatic carbocycles. The van der Waals surface area contributed by atoms with Gasteiger partial charge in [-0.05, 0) is 51.3 Å². The quantitative estimate of drug-likeness (QED) is 0.714. The summed E-state index contributed by atoms with van der Waals surface area (Å²) in [6.07, 6.45) is 5.57. The Hall–Kier alpha value is -1.02. The van der Waals surface area contributed by atoms with Gasteiger partial charge in [0.25, 0.3) is 0 Å². The van der Waals surface area contributed by atoms with E-state index in [1.165, 1.54) is 6.42 Å². The summed E-state index contributed by atoms with van der Waals surface area (Å²) in [6, 6.07) is 3.67. The minimum Gasteiger partial charge on any atom is -0.490 e. The number of hydrogen-bond acceptors (Lipinski definition) is 2. The summed E-state index contributed by atoms with van der Waals surface area (Å²) in [5.41, 5.74) is 1.60. The molecule has 1 aromatic carbocycles. The van der Waals surface area contributed by atoms with Crippen LogP contribution in [-0.4, -0.2) is 11.9 Å². The lowest BCUT2D eigenvalue weighted by atomic mass is 9.83. The Labute approximate surface area is 126 Å². The van der Waals surface area contributed by atoms with Crippen molar-refractivity contribution in [1.82, 2.24) is 0 Å². The number of hydrogen-bond donors (Lipinski definition) is 0. The first-order chi connectivity index (χ1) is 9.49. The molecule has 0 aromatic heterocycles. The fourth-order valence-electron chi connectivity index (χ4n) is 2.78. The van der Waals surface area contributed by atoms with Crippen LogP contribution in [0.3, 0.4) is 0 Å². The first-order valence-electron chi connectivity index (χ1n) is 7.50. The van der Waals surface area contributed by atoms with Crippen LogP contribution in [-0.2, 0) is 0 Å². The first-order valence-corrected chi connectivity index (χ1v) is 7.88. The van der Waals surface area contributed by atoms with Crippen LogP contribution < -0.4 is 4.74 Å². The van der Waals surface area contributed by atoms with Gasteiger partial charge in [0.2, 0.25) is 0 Å². The number of ether oxygens (including phenoxy) is 1. The van der Waals surface area contributed by atoms with Crippen molar-refractivity contribution in [1.29, 1.82) is 0 Å². The average Bonchev–Trinajstić information content (AvgIpc) is 2.42. The van der Waals surface area contributed by atoms with Gasteiger partial charge >= 0.3 is 0 Å². The maximum Gasteiger partial charge on any atom is 0.169 e. The number of rotatable bonds is 4. The molecule has 110 valence electrons. The summed E-state index contributed by atoms with van der Waals surface area (Å²) in [7, 11) is 0. The highest BCUT2D eigenvalue weighted by atomic mass is 35.5. The monoisotopic (exact) mass is 294 g/mol. The van der Waals surface area contributed by atoms with E-state index in [2.05, 4.69) is 0 Å². The Morgan fingerprint density at radius 3 is 2.50 bits per heavy atom. The van der Waals surface area contributed by atoms with Crippen LogP contribution in [0.25, 0.3) is 0 Å². The van der Waals surface area contributed by atoms with Crippen molar-refractivity contribution in [3.05, 3.63) is 28.3 Å². The van der Waals surface area contributed by atoms with Crippen LogP contribution in [0.4, 0.5) is 0 Å². The molecule has 20 heavy (non-hydrogen) atoms. The maximum atomic E-state index is 12.7. The summed E-state index contributed by atoms with van der Waals surface area (Å²) < 4.78 is 5.81. The second-order valence-corrected chi connectivity index (χ2v) is 6.37. The molecule has 1 aromatic rings. The van der Waals surface area contributed by atoms with Crippen LogP contribution in [0.1, 0.15) is 61.9 Å². The van der Waals surface area contributed by atoms with E-state index < -0.39 is 0 Å². The van der Waals surface area contributed by atoms with Crippen LogP contribution in [0.15, 0.2) is 12.1 Å². The lowest BCUT2D eigenvalue weighted by Gasteiger charge is -2.22. The van der Waals surface area contributed by atoms with Gasteiger partial charge in [-0.3, -0.25) is 4.79 Å². The molecule has 0 aliphatic heterocycles. The molecule has 1 aliphatic rings. The van der Waals surface area contributed by atoms with Gasteiger partial charge in [0.15, 0.2) is 5.78 Å². The Balaban J connectivity index is 2.32. The Morgan fingerprint density at radius 2 is 1.90 bits per heavy atom. The SMILES string of the molecule is Cc1cc(OC(C)C)c(C(=O)C2CCCCC2)cc1Cl. The molecule has 2 nitrogen and oxygen atoms in total. The Kier molecular flexibility index (Phi) is 5.09. The third-order valence-corrected chi connectivity index (χ3v) is 4.27. The van der Waals surface area contributed by atoms with Gasteiger partial charge in [-0.1, -0.05) is 30.9 Å². The van der Waals surface area contributed by atoms with Crippen molar-refractivity contribution in [2.24, 2.45) is 5.92 Å². The van der Waals surface area contributed by atoms with Gasteiger partial charge in [-0.25, -0.2) is 0 Å². The average molecular weight is 295 g/mol. The summed E-state index contributed by atoms with van der Waals surface area (Å²) in [6.45, 7) is 5.88. The fraction of sp³-hybridized carbons (Fsp3) is 0.588. The maximum absolute atomic E-state index is 12.7. The van der Waals surface area contributed by atoms with E-state index in [0.717, 1.165) is 31.2 Å². The van der Waals surface area contributed by atoms with Crippen molar-refractivity contribution < 1.29 is 9.53 Å². The molecule has 0 heterocycles. The van der Waals surface area contributed by atoms with E-state index in [1.807, 2.05) is 26.8 Å². The number of halogens is 1. The second kappa shape index (κ2) is 6.62. The number of ketones is 1. The van der Waals surface area contributed by atoms with Gasteiger partial charge in [0, 0.05) is 10.9 Å². The summed E-state index contributed by atoms with van der Waals surface area (Å²) in [5.74, 6) is 1.01.